The molecule has 0 aliphatic rings. The predicted octanol–water partition coefficient (Wildman–Crippen LogP) is 2.09. The van der Waals surface area contributed by atoms with Crippen molar-refractivity contribution in [3.05, 3.63) is 65.7 Å². The lowest BCUT2D eigenvalue weighted by Crippen LogP contribution is -2.12. The highest BCUT2D eigenvalue weighted by atomic mass is 32.2. The average molecular weight is 304 g/mol. The van der Waals surface area contributed by atoms with E-state index in [0.29, 0.717) is 0 Å². The van der Waals surface area contributed by atoms with Crippen molar-refractivity contribution in [3.63, 3.8) is 0 Å². The van der Waals surface area contributed by atoms with E-state index < -0.39 is 21.8 Å². The number of ether oxygens (including phenoxy) is 1. The Hall–Kier alpha value is -2.47. The molecule has 0 atom stereocenters. The van der Waals surface area contributed by atoms with E-state index in [0.717, 1.165) is 6.26 Å². The van der Waals surface area contributed by atoms with Crippen LogP contribution in [0.15, 0.2) is 59.5 Å². The fourth-order valence-corrected chi connectivity index (χ4v) is 2.24. The van der Waals surface area contributed by atoms with Gasteiger partial charge in [-0.1, -0.05) is 18.2 Å². The molecular weight excluding hydrogens is 292 g/mol. The van der Waals surface area contributed by atoms with Crippen LogP contribution in [-0.2, 0) is 14.6 Å². The molecule has 2 aromatic carbocycles. The monoisotopic (exact) mass is 304 g/mol. The van der Waals surface area contributed by atoms with Gasteiger partial charge in [0.25, 0.3) is 0 Å². The van der Waals surface area contributed by atoms with Gasteiger partial charge in [0.2, 0.25) is 0 Å². The summed E-state index contributed by atoms with van der Waals surface area (Å²) in [6.45, 7) is 0. The van der Waals surface area contributed by atoms with Crippen LogP contribution in [0.25, 0.3) is 0 Å². The Balaban J connectivity index is 2.12. The Morgan fingerprint density at radius 2 is 1.29 bits per heavy atom. The van der Waals surface area contributed by atoms with Crippen LogP contribution in [-0.4, -0.2) is 26.6 Å². The molecule has 0 spiro atoms. The van der Waals surface area contributed by atoms with Gasteiger partial charge in [-0.25, -0.2) is 18.0 Å². The first-order valence-electron chi connectivity index (χ1n) is 5.99. The molecule has 0 amide bonds. The minimum absolute atomic E-state index is 0.0911. The van der Waals surface area contributed by atoms with Crippen LogP contribution in [0, 0.1) is 0 Å². The zero-order valence-electron chi connectivity index (χ0n) is 11.1. The van der Waals surface area contributed by atoms with Crippen molar-refractivity contribution < 1.29 is 22.7 Å². The molecule has 0 saturated carbocycles. The van der Waals surface area contributed by atoms with Crippen LogP contribution in [0.4, 0.5) is 0 Å². The maximum absolute atomic E-state index is 11.8. The molecule has 0 aromatic heterocycles. The van der Waals surface area contributed by atoms with Gasteiger partial charge in [-0.15, -0.1) is 0 Å². The van der Waals surface area contributed by atoms with Crippen molar-refractivity contribution in [2.75, 3.05) is 6.26 Å². The number of hydrogen-bond donors (Lipinski definition) is 0. The van der Waals surface area contributed by atoms with Crippen molar-refractivity contribution in [1.29, 1.82) is 0 Å². The SMILES string of the molecule is CS(=O)(=O)c1ccc(C(=O)OC(=O)c2ccccc2)cc1. The van der Waals surface area contributed by atoms with Crippen molar-refractivity contribution in [2.24, 2.45) is 0 Å². The molecule has 21 heavy (non-hydrogen) atoms. The third-order valence-corrected chi connectivity index (χ3v) is 3.84. The van der Waals surface area contributed by atoms with Crippen LogP contribution < -0.4 is 0 Å². The van der Waals surface area contributed by atoms with Gasteiger partial charge in [-0.05, 0) is 36.4 Å². The van der Waals surface area contributed by atoms with E-state index in [1.165, 1.54) is 36.4 Å². The minimum Gasteiger partial charge on any atom is -0.386 e. The standard InChI is InChI=1S/C15H12O5S/c1-21(18,19)13-9-7-12(8-10-13)15(17)20-14(16)11-5-3-2-4-6-11/h2-10H,1H3. The third-order valence-electron chi connectivity index (χ3n) is 2.71. The zero-order valence-corrected chi connectivity index (χ0v) is 12.0. The Kier molecular flexibility index (Phi) is 4.18. The maximum atomic E-state index is 11.8. The van der Waals surface area contributed by atoms with E-state index in [9.17, 15) is 18.0 Å². The summed E-state index contributed by atoms with van der Waals surface area (Å²) < 4.78 is 27.3. The van der Waals surface area contributed by atoms with Gasteiger partial charge >= 0.3 is 11.9 Å². The summed E-state index contributed by atoms with van der Waals surface area (Å²) in [5, 5.41) is 0. The molecule has 0 aliphatic carbocycles. The molecule has 6 heteroatoms. The van der Waals surface area contributed by atoms with Crippen molar-refractivity contribution in [1.82, 2.24) is 0 Å². The normalized spacial score (nSPS) is 10.9. The molecule has 5 nitrogen and oxygen atoms in total. The second-order valence-corrected chi connectivity index (χ2v) is 6.36. The highest BCUT2D eigenvalue weighted by Gasteiger charge is 2.15. The number of esters is 2. The Morgan fingerprint density at radius 3 is 1.76 bits per heavy atom. The first kappa shape index (κ1) is 14.9. The van der Waals surface area contributed by atoms with Gasteiger partial charge in [-0.3, -0.25) is 0 Å². The van der Waals surface area contributed by atoms with Crippen LogP contribution in [0.5, 0.6) is 0 Å². The summed E-state index contributed by atoms with van der Waals surface area (Å²) in [7, 11) is -3.33. The molecule has 0 saturated heterocycles. The van der Waals surface area contributed by atoms with Gasteiger partial charge in [0.1, 0.15) is 0 Å². The molecule has 0 radical (unpaired) electrons. The summed E-state index contributed by atoms with van der Waals surface area (Å²) in [4.78, 5) is 23.6. The van der Waals surface area contributed by atoms with E-state index >= 15 is 0 Å². The third kappa shape index (κ3) is 3.76. The van der Waals surface area contributed by atoms with Crippen molar-refractivity contribution in [3.8, 4) is 0 Å². The molecule has 0 aliphatic heterocycles. The van der Waals surface area contributed by atoms with E-state index in [1.54, 1.807) is 18.2 Å². The fraction of sp³-hybridized carbons (Fsp3) is 0.0667. The molecule has 2 rings (SSSR count). The topological polar surface area (TPSA) is 77.5 Å². The molecule has 0 N–H and O–H groups in total. The van der Waals surface area contributed by atoms with Crippen LogP contribution >= 0.6 is 0 Å². The summed E-state index contributed by atoms with van der Waals surface area (Å²) >= 11 is 0. The summed E-state index contributed by atoms with van der Waals surface area (Å²) in [6, 6.07) is 13.3. The lowest BCUT2D eigenvalue weighted by atomic mass is 10.2. The lowest BCUT2D eigenvalue weighted by Gasteiger charge is -2.04. The molecule has 0 fully saturated rings. The van der Waals surface area contributed by atoms with Crippen molar-refractivity contribution in [2.45, 2.75) is 4.90 Å². The van der Waals surface area contributed by atoms with Crippen LogP contribution in [0.2, 0.25) is 0 Å². The Morgan fingerprint density at radius 1 is 0.810 bits per heavy atom. The van der Waals surface area contributed by atoms with E-state index in [-0.39, 0.29) is 16.0 Å². The van der Waals surface area contributed by atoms with E-state index in [2.05, 4.69) is 0 Å². The van der Waals surface area contributed by atoms with Gasteiger partial charge in [0.05, 0.1) is 16.0 Å². The van der Waals surface area contributed by atoms with Gasteiger partial charge < -0.3 is 4.74 Å². The van der Waals surface area contributed by atoms with Crippen LogP contribution in [0.1, 0.15) is 20.7 Å². The highest BCUT2D eigenvalue weighted by molar-refractivity contribution is 7.90. The number of sulfone groups is 1. The second-order valence-electron chi connectivity index (χ2n) is 4.34. The van der Waals surface area contributed by atoms with E-state index in [1.807, 2.05) is 0 Å². The predicted molar refractivity (Wildman–Crippen MR) is 75.7 cm³/mol. The minimum atomic E-state index is -3.33. The summed E-state index contributed by atoms with van der Waals surface area (Å²) in [6.07, 6.45) is 1.07. The second kappa shape index (κ2) is 5.88. The van der Waals surface area contributed by atoms with Gasteiger partial charge in [0, 0.05) is 6.26 Å². The number of carbonyl (C=O) groups is 2. The molecule has 0 unspecified atom stereocenters. The summed E-state index contributed by atoms with van der Waals surface area (Å²) in [5.74, 6) is -1.59. The van der Waals surface area contributed by atoms with Gasteiger partial charge in [0.15, 0.2) is 9.84 Å². The van der Waals surface area contributed by atoms with Crippen molar-refractivity contribution >= 4 is 21.8 Å². The summed E-state index contributed by atoms with van der Waals surface area (Å²) in [5.41, 5.74) is 0.366. The molecule has 108 valence electrons. The van der Waals surface area contributed by atoms with Crippen LogP contribution in [0.3, 0.4) is 0 Å². The number of carbonyl (C=O) groups excluding carboxylic acids is 2. The van der Waals surface area contributed by atoms with Gasteiger partial charge in [-0.2, -0.15) is 0 Å². The smallest absolute Gasteiger partial charge is 0.346 e. The number of rotatable bonds is 3. The zero-order chi connectivity index (χ0) is 15.5. The molecule has 0 heterocycles. The number of hydrogen-bond acceptors (Lipinski definition) is 5. The first-order chi connectivity index (χ1) is 9.88. The lowest BCUT2D eigenvalue weighted by molar-refractivity contribution is 0.0397. The first-order valence-corrected chi connectivity index (χ1v) is 7.89. The molecular formula is C15H12O5S. The average Bonchev–Trinajstić information content (AvgIpc) is 2.47. The van der Waals surface area contributed by atoms with E-state index in [4.69, 9.17) is 4.74 Å². The largest absolute Gasteiger partial charge is 0.386 e. The molecule has 2 aromatic rings. The number of benzene rings is 2. The quantitative estimate of drug-likeness (QED) is 0.641. The Labute approximate surface area is 122 Å². The molecule has 0 bridgehead atoms. The maximum Gasteiger partial charge on any atom is 0.346 e. The highest BCUT2D eigenvalue weighted by Crippen LogP contribution is 2.12. The Bertz CT molecular complexity index is 761. The fourth-order valence-electron chi connectivity index (χ4n) is 1.61.